The predicted molar refractivity (Wildman–Crippen MR) is 118 cm³/mol. The number of benzene rings is 1. The Morgan fingerprint density at radius 2 is 2.03 bits per heavy atom. The maximum atomic E-state index is 13.2. The van der Waals surface area contributed by atoms with Gasteiger partial charge < -0.3 is 20.9 Å². The van der Waals surface area contributed by atoms with Crippen LogP contribution in [0.2, 0.25) is 0 Å². The van der Waals surface area contributed by atoms with Crippen LogP contribution in [-0.2, 0) is 32.2 Å². The summed E-state index contributed by atoms with van der Waals surface area (Å²) in [5, 5.41) is 4.04. The van der Waals surface area contributed by atoms with Crippen LogP contribution >= 0.6 is 0 Å². The lowest BCUT2D eigenvalue weighted by Gasteiger charge is -2.40. The van der Waals surface area contributed by atoms with Gasteiger partial charge in [-0.15, -0.1) is 0 Å². The van der Waals surface area contributed by atoms with Gasteiger partial charge in [0.05, 0.1) is 30.8 Å². The molecule has 10 nitrogen and oxygen atoms in total. The summed E-state index contributed by atoms with van der Waals surface area (Å²) in [6.07, 6.45) is 5.56. The first-order valence-electron chi connectivity index (χ1n) is 10.7. The fourth-order valence-corrected chi connectivity index (χ4v) is 3.73. The highest BCUT2D eigenvalue weighted by Gasteiger charge is 2.43. The van der Waals surface area contributed by atoms with Crippen LogP contribution in [0.25, 0.3) is 0 Å². The highest BCUT2D eigenvalue weighted by Crippen LogP contribution is 2.33. The summed E-state index contributed by atoms with van der Waals surface area (Å²) in [5.74, 6) is 0.276. The number of nitrogens with one attached hydrogen (secondary N) is 2. The number of aromatic amines is 1. The van der Waals surface area contributed by atoms with Crippen LogP contribution in [0.3, 0.4) is 0 Å². The Bertz CT molecular complexity index is 892. The van der Waals surface area contributed by atoms with Crippen molar-refractivity contribution in [2.24, 2.45) is 11.1 Å². The molecule has 10 heteroatoms. The van der Waals surface area contributed by atoms with Gasteiger partial charge in [-0.25, -0.2) is 4.98 Å². The number of hydrogen-bond donors (Lipinski definition) is 3. The Labute approximate surface area is 187 Å². The zero-order valence-corrected chi connectivity index (χ0v) is 18.3. The molecule has 0 saturated carbocycles. The highest BCUT2D eigenvalue weighted by atomic mass is 16.7. The third-order valence-electron chi connectivity index (χ3n) is 5.88. The molecule has 1 aliphatic heterocycles. The van der Waals surface area contributed by atoms with E-state index >= 15 is 0 Å². The van der Waals surface area contributed by atoms with Crippen LogP contribution in [0.4, 0.5) is 5.69 Å². The second kappa shape index (κ2) is 10.9. The molecule has 172 valence electrons. The Kier molecular flexibility index (Phi) is 7.96. The van der Waals surface area contributed by atoms with Gasteiger partial charge in [-0.3, -0.25) is 19.2 Å². The second-order valence-electron chi connectivity index (χ2n) is 7.81. The fraction of sp³-hybridized carbons (Fsp3) is 0.455. The Balaban J connectivity index is 1.71. The second-order valence-corrected chi connectivity index (χ2v) is 7.81. The lowest BCUT2D eigenvalue weighted by Crippen LogP contribution is -2.53. The number of aromatic nitrogens is 2. The Hall–Kier alpha value is -3.24. The van der Waals surface area contributed by atoms with Crippen molar-refractivity contribution in [3.05, 3.63) is 48.0 Å². The number of imidazole rings is 1. The van der Waals surface area contributed by atoms with E-state index in [-0.39, 0.29) is 31.5 Å². The summed E-state index contributed by atoms with van der Waals surface area (Å²) < 4.78 is 0. The molecule has 4 N–H and O–H groups in total. The SMILES string of the molecule is CCc1ccc(N(C=O)OCC2(C(=O)NCc3ncc[nH]3)CCN(C(=O)CN)CC2)cc1. The van der Waals surface area contributed by atoms with Crippen molar-refractivity contribution < 1.29 is 19.2 Å². The van der Waals surface area contributed by atoms with Gasteiger partial charge in [-0.05, 0) is 37.0 Å². The molecule has 3 rings (SSSR count). The summed E-state index contributed by atoms with van der Waals surface area (Å²) in [5.41, 5.74) is 6.31. The molecule has 1 saturated heterocycles. The molecule has 1 aliphatic rings. The maximum absolute atomic E-state index is 13.2. The average Bonchev–Trinajstić information content (AvgIpc) is 3.37. The summed E-state index contributed by atoms with van der Waals surface area (Å²) >= 11 is 0. The molecule has 0 unspecified atom stereocenters. The summed E-state index contributed by atoms with van der Waals surface area (Å²) in [7, 11) is 0. The monoisotopic (exact) mass is 442 g/mol. The lowest BCUT2D eigenvalue weighted by molar-refractivity contribution is -0.145. The number of nitrogens with zero attached hydrogens (tertiary/aromatic N) is 3. The van der Waals surface area contributed by atoms with Crippen molar-refractivity contribution in [3.8, 4) is 0 Å². The minimum atomic E-state index is -0.900. The molecule has 0 radical (unpaired) electrons. The molecule has 0 atom stereocenters. The van der Waals surface area contributed by atoms with Crippen molar-refractivity contribution in [1.29, 1.82) is 0 Å². The molecule has 0 bridgehead atoms. The predicted octanol–water partition coefficient (Wildman–Crippen LogP) is 0.750. The maximum Gasteiger partial charge on any atom is 0.238 e. The van der Waals surface area contributed by atoms with Crippen molar-refractivity contribution in [2.45, 2.75) is 32.7 Å². The molecule has 0 aliphatic carbocycles. The molecule has 1 fully saturated rings. The van der Waals surface area contributed by atoms with E-state index in [0.29, 0.717) is 43.9 Å². The lowest BCUT2D eigenvalue weighted by atomic mass is 9.78. The van der Waals surface area contributed by atoms with E-state index in [1.54, 1.807) is 29.4 Å². The third-order valence-corrected chi connectivity index (χ3v) is 5.88. The molecular weight excluding hydrogens is 412 g/mol. The third kappa shape index (κ3) is 5.51. The van der Waals surface area contributed by atoms with Crippen molar-refractivity contribution in [2.75, 3.05) is 31.3 Å². The minimum absolute atomic E-state index is 0.00405. The van der Waals surface area contributed by atoms with E-state index in [1.165, 1.54) is 0 Å². The number of carbonyl (C=O) groups excluding carboxylic acids is 3. The van der Waals surface area contributed by atoms with Gasteiger partial charge >= 0.3 is 0 Å². The standard InChI is InChI=1S/C22H30N6O4/c1-2-17-3-5-18(6-4-17)28(16-29)32-15-22(7-11-27(12-8-22)20(30)13-23)21(31)26-14-19-24-9-10-25-19/h3-6,9-10,16H,2,7-8,11-15,23H2,1H3,(H,24,25)(H,26,31). The van der Waals surface area contributed by atoms with E-state index in [0.717, 1.165) is 17.0 Å². The number of hydroxylamine groups is 1. The number of nitrogens with two attached hydrogens (primary N) is 1. The van der Waals surface area contributed by atoms with Crippen molar-refractivity contribution in [3.63, 3.8) is 0 Å². The molecule has 2 aromatic rings. The first kappa shape index (κ1) is 23.4. The number of amides is 3. The summed E-state index contributed by atoms with van der Waals surface area (Å²) in [4.78, 5) is 51.4. The number of hydrogen-bond acceptors (Lipinski definition) is 6. The van der Waals surface area contributed by atoms with Crippen LogP contribution < -0.4 is 16.1 Å². The molecule has 1 aromatic heterocycles. The Morgan fingerprint density at radius 3 is 2.59 bits per heavy atom. The topological polar surface area (TPSA) is 134 Å². The van der Waals surface area contributed by atoms with E-state index in [2.05, 4.69) is 22.2 Å². The van der Waals surface area contributed by atoms with Gasteiger partial charge in [-0.1, -0.05) is 19.1 Å². The number of aryl methyl sites for hydroxylation is 1. The van der Waals surface area contributed by atoms with Crippen molar-refractivity contribution in [1.82, 2.24) is 20.2 Å². The zero-order chi connectivity index (χ0) is 23.0. The number of H-pyrrole nitrogens is 1. The molecular formula is C22H30N6O4. The van der Waals surface area contributed by atoms with Gasteiger partial charge in [-0.2, -0.15) is 5.06 Å². The van der Waals surface area contributed by atoms with Crippen LogP contribution in [0.15, 0.2) is 36.7 Å². The fourth-order valence-electron chi connectivity index (χ4n) is 3.73. The first-order valence-corrected chi connectivity index (χ1v) is 10.7. The minimum Gasteiger partial charge on any atom is -0.348 e. The van der Waals surface area contributed by atoms with Gasteiger partial charge in [0.25, 0.3) is 0 Å². The molecule has 3 amide bonds. The molecule has 1 aromatic carbocycles. The molecule has 2 heterocycles. The number of rotatable bonds is 10. The van der Waals surface area contributed by atoms with Gasteiger partial charge in [0.15, 0.2) is 0 Å². The zero-order valence-electron chi connectivity index (χ0n) is 18.3. The summed E-state index contributed by atoms with van der Waals surface area (Å²) in [6.45, 7) is 3.00. The van der Waals surface area contributed by atoms with Crippen molar-refractivity contribution >= 4 is 23.9 Å². The van der Waals surface area contributed by atoms with E-state index < -0.39 is 5.41 Å². The first-order chi connectivity index (χ1) is 15.5. The summed E-state index contributed by atoms with van der Waals surface area (Å²) in [6, 6.07) is 7.47. The van der Waals surface area contributed by atoms with Crippen LogP contribution in [0.1, 0.15) is 31.2 Å². The largest absolute Gasteiger partial charge is 0.348 e. The van der Waals surface area contributed by atoms with Crippen LogP contribution in [-0.4, -0.2) is 59.3 Å². The average molecular weight is 443 g/mol. The van der Waals surface area contributed by atoms with Gasteiger partial charge in [0, 0.05) is 25.5 Å². The molecule has 0 spiro atoms. The van der Waals surface area contributed by atoms with E-state index in [1.807, 2.05) is 12.1 Å². The number of carbonyl (C=O) groups is 3. The highest BCUT2D eigenvalue weighted by molar-refractivity contribution is 5.84. The smallest absolute Gasteiger partial charge is 0.238 e. The van der Waals surface area contributed by atoms with Gasteiger partial charge in [0.1, 0.15) is 5.82 Å². The Morgan fingerprint density at radius 1 is 1.31 bits per heavy atom. The number of likely N-dealkylation sites (tertiary alicyclic amines) is 1. The normalized spacial score (nSPS) is 15.2. The quantitative estimate of drug-likeness (QED) is 0.367. The van der Waals surface area contributed by atoms with Gasteiger partial charge in [0.2, 0.25) is 18.2 Å². The van der Waals surface area contributed by atoms with Crippen LogP contribution in [0, 0.1) is 5.41 Å². The van der Waals surface area contributed by atoms with E-state index in [9.17, 15) is 14.4 Å². The number of piperidine rings is 1. The molecule has 32 heavy (non-hydrogen) atoms. The van der Waals surface area contributed by atoms with Crippen LogP contribution in [0.5, 0.6) is 0 Å². The number of anilines is 1. The van der Waals surface area contributed by atoms with E-state index in [4.69, 9.17) is 10.6 Å².